The molecular formula is C24H35N5O2. The number of anilines is 1. The second kappa shape index (κ2) is 10.5. The Labute approximate surface area is 185 Å². The lowest BCUT2D eigenvalue weighted by Gasteiger charge is -2.34. The molecule has 0 spiro atoms. The summed E-state index contributed by atoms with van der Waals surface area (Å²) in [6.45, 7) is 10.2. The van der Waals surface area contributed by atoms with Crippen LogP contribution in [0.4, 0.5) is 10.5 Å². The maximum atomic E-state index is 12.5. The highest BCUT2D eigenvalue weighted by Gasteiger charge is 2.27. The molecule has 0 saturated carbocycles. The number of carbonyl (C=O) groups is 2. The summed E-state index contributed by atoms with van der Waals surface area (Å²) in [5.41, 5.74) is 3.96. The Morgan fingerprint density at radius 1 is 1.13 bits per heavy atom. The van der Waals surface area contributed by atoms with Gasteiger partial charge in [-0.05, 0) is 63.3 Å². The molecule has 1 aromatic heterocycles. The summed E-state index contributed by atoms with van der Waals surface area (Å²) >= 11 is 0. The second-order valence-corrected chi connectivity index (χ2v) is 8.50. The van der Waals surface area contributed by atoms with Crippen molar-refractivity contribution < 1.29 is 9.59 Å². The molecule has 3 rings (SSSR count). The van der Waals surface area contributed by atoms with E-state index in [0.717, 1.165) is 48.3 Å². The number of hydrogen-bond acceptors (Lipinski definition) is 3. The first-order valence-electron chi connectivity index (χ1n) is 11.4. The van der Waals surface area contributed by atoms with Crippen LogP contribution in [0.15, 0.2) is 30.3 Å². The van der Waals surface area contributed by atoms with E-state index in [1.807, 2.05) is 47.7 Å². The Balaban J connectivity index is 1.49. The summed E-state index contributed by atoms with van der Waals surface area (Å²) in [7, 11) is 0. The van der Waals surface area contributed by atoms with Gasteiger partial charge in [0.05, 0.1) is 12.2 Å². The Kier molecular flexibility index (Phi) is 7.71. The molecule has 0 radical (unpaired) electrons. The van der Waals surface area contributed by atoms with Crippen molar-refractivity contribution in [2.45, 2.75) is 66.0 Å². The summed E-state index contributed by atoms with van der Waals surface area (Å²) in [5, 5.41) is 10.5. The van der Waals surface area contributed by atoms with Crippen LogP contribution in [-0.4, -0.2) is 45.8 Å². The number of benzene rings is 1. The molecule has 2 heterocycles. The average Bonchev–Trinajstić information content (AvgIpc) is 3.06. The number of piperidine rings is 1. The highest BCUT2D eigenvalue weighted by molar-refractivity contribution is 5.89. The molecule has 0 bridgehead atoms. The number of carbonyl (C=O) groups excluding carboxylic acids is 2. The van der Waals surface area contributed by atoms with Crippen molar-refractivity contribution in [3.05, 3.63) is 47.3 Å². The molecule has 0 unspecified atom stereocenters. The molecule has 7 nitrogen and oxygen atoms in total. The second-order valence-electron chi connectivity index (χ2n) is 8.50. The van der Waals surface area contributed by atoms with Crippen LogP contribution >= 0.6 is 0 Å². The fraction of sp³-hybridized carbons (Fsp3) is 0.542. The minimum atomic E-state index is -0.201. The van der Waals surface area contributed by atoms with Gasteiger partial charge in [-0.2, -0.15) is 5.10 Å². The van der Waals surface area contributed by atoms with E-state index >= 15 is 0 Å². The van der Waals surface area contributed by atoms with E-state index in [9.17, 15) is 9.59 Å². The smallest absolute Gasteiger partial charge is 0.319 e. The average molecular weight is 426 g/mol. The largest absolute Gasteiger partial charge is 0.342 e. The van der Waals surface area contributed by atoms with Crippen molar-refractivity contribution in [3.8, 4) is 0 Å². The molecule has 3 amide bonds. The topological polar surface area (TPSA) is 79.3 Å². The van der Waals surface area contributed by atoms with Crippen molar-refractivity contribution in [3.63, 3.8) is 0 Å². The summed E-state index contributed by atoms with van der Waals surface area (Å²) in [4.78, 5) is 27.0. The molecule has 7 heteroatoms. The van der Waals surface area contributed by atoms with Gasteiger partial charge in [-0.15, -0.1) is 0 Å². The van der Waals surface area contributed by atoms with E-state index < -0.39 is 0 Å². The summed E-state index contributed by atoms with van der Waals surface area (Å²) in [6.07, 6.45) is 3.34. The van der Waals surface area contributed by atoms with Crippen LogP contribution in [0.3, 0.4) is 0 Å². The van der Waals surface area contributed by atoms with Crippen molar-refractivity contribution in [1.82, 2.24) is 20.0 Å². The van der Waals surface area contributed by atoms with Crippen LogP contribution < -0.4 is 10.6 Å². The minimum Gasteiger partial charge on any atom is -0.342 e. The highest BCUT2D eigenvalue weighted by atomic mass is 16.2. The first kappa shape index (κ1) is 22.8. The molecular weight excluding hydrogens is 390 g/mol. The predicted octanol–water partition coefficient (Wildman–Crippen LogP) is 4.10. The maximum Gasteiger partial charge on any atom is 0.319 e. The molecule has 0 atom stereocenters. The van der Waals surface area contributed by atoms with Crippen LogP contribution in [0.1, 0.15) is 56.5 Å². The third-order valence-electron chi connectivity index (χ3n) is 6.10. The van der Waals surface area contributed by atoms with Gasteiger partial charge >= 0.3 is 6.03 Å². The van der Waals surface area contributed by atoms with Crippen LogP contribution in [-0.2, 0) is 11.3 Å². The molecule has 1 aliphatic rings. The number of rotatable bonds is 7. The number of urea groups is 1. The van der Waals surface area contributed by atoms with Gasteiger partial charge in [-0.25, -0.2) is 4.79 Å². The lowest BCUT2D eigenvalue weighted by Crippen LogP contribution is -2.48. The lowest BCUT2D eigenvalue weighted by molar-refractivity contribution is -0.136. The number of likely N-dealkylation sites (tertiary alicyclic amines) is 1. The van der Waals surface area contributed by atoms with Crippen LogP contribution in [0.25, 0.3) is 0 Å². The van der Waals surface area contributed by atoms with Crippen molar-refractivity contribution in [2.24, 2.45) is 5.92 Å². The third-order valence-corrected chi connectivity index (χ3v) is 6.10. The SMILES string of the molecule is CCC(CC)C(=O)N1CCC(NC(=O)Nc2cccc(Cn3nc(C)cc3C)c2)CC1. The van der Waals surface area contributed by atoms with E-state index in [1.54, 1.807) is 0 Å². The van der Waals surface area contributed by atoms with Gasteiger partial charge in [0.25, 0.3) is 0 Å². The predicted molar refractivity (Wildman–Crippen MR) is 123 cm³/mol. The number of aromatic nitrogens is 2. The Morgan fingerprint density at radius 2 is 1.84 bits per heavy atom. The zero-order valence-electron chi connectivity index (χ0n) is 19.1. The molecule has 1 saturated heterocycles. The summed E-state index contributed by atoms with van der Waals surface area (Å²) in [5.74, 6) is 0.377. The van der Waals surface area contributed by atoms with Crippen molar-refractivity contribution in [2.75, 3.05) is 18.4 Å². The normalized spacial score (nSPS) is 14.7. The maximum absolute atomic E-state index is 12.5. The van der Waals surface area contributed by atoms with E-state index in [1.165, 1.54) is 0 Å². The van der Waals surface area contributed by atoms with Gasteiger partial charge in [0.15, 0.2) is 0 Å². The van der Waals surface area contributed by atoms with Gasteiger partial charge in [-0.1, -0.05) is 26.0 Å². The molecule has 1 aliphatic heterocycles. The quantitative estimate of drug-likeness (QED) is 0.701. The summed E-state index contributed by atoms with van der Waals surface area (Å²) < 4.78 is 1.96. The van der Waals surface area contributed by atoms with E-state index in [-0.39, 0.29) is 23.9 Å². The zero-order chi connectivity index (χ0) is 22.4. The number of aryl methyl sites for hydroxylation is 2. The van der Waals surface area contributed by atoms with Crippen molar-refractivity contribution >= 4 is 17.6 Å². The molecule has 1 aromatic carbocycles. The molecule has 31 heavy (non-hydrogen) atoms. The van der Waals surface area contributed by atoms with Gasteiger partial charge in [-0.3, -0.25) is 9.48 Å². The third kappa shape index (κ3) is 6.09. The zero-order valence-corrected chi connectivity index (χ0v) is 19.1. The molecule has 168 valence electrons. The minimum absolute atomic E-state index is 0.0867. The Bertz CT molecular complexity index is 895. The Morgan fingerprint density at radius 3 is 2.45 bits per heavy atom. The fourth-order valence-electron chi connectivity index (χ4n) is 4.25. The number of hydrogen-bond donors (Lipinski definition) is 2. The first-order chi connectivity index (χ1) is 14.9. The van der Waals surface area contributed by atoms with Crippen LogP contribution in [0.2, 0.25) is 0 Å². The molecule has 0 aliphatic carbocycles. The monoisotopic (exact) mass is 425 g/mol. The Hall–Kier alpha value is -2.83. The van der Waals surface area contributed by atoms with Gasteiger partial charge in [0.2, 0.25) is 5.91 Å². The van der Waals surface area contributed by atoms with Gasteiger partial charge in [0, 0.05) is 36.4 Å². The molecule has 2 aromatic rings. The molecule has 1 fully saturated rings. The first-order valence-corrected chi connectivity index (χ1v) is 11.4. The van der Waals surface area contributed by atoms with Crippen LogP contribution in [0, 0.1) is 19.8 Å². The van der Waals surface area contributed by atoms with E-state index in [0.29, 0.717) is 19.6 Å². The lowest BCUT2D eigenvalue weighted by atomic mass is 9.98. The number of nitrogens with one attached hydrogen (secondary N) is 2. The standard InChI is InChI=1S/C24H35N5O2/c1-5-20(6-2)23(30)28-12-10-21(11-13-28)25-24(31)26-22-9-7-8-19(15-22)16-29-18(4)14-17(3)27-29/h7-9,14-15,20-21H,5-6,10-13,16H2,1-4H3,(H2,25,26,31). The highest BCUT2D eigenvalue weighted by Crippen LogP contribution is 2.18. The van der Waals surface area contributed by atoms with E-state index in [4.69, 9.17) is 0 Å². The van der Waals surface area contributed by atoms with E-state index in [2.05, 4.69) is 35.6 Å². The van der Waals surface area contributed by atoms with Gasteiger partial charge < -0.3 is 15.5 Å². The van der Waals surface area contributed by atoms with Gasteiger partial charge in [0.1, 0.15) is 0 Å². The van der Waals surface area contributed by atoms with Crippen molar-refractivity contribution in [1.29, 1.82) is 0 Å². The number of nitrogens with zero attached hydrogens (tertiary/aromatic N) is 3. The fourth-order valence-corrected chi connectivity index (χ4v) is 4.25. The summed E-state index contributed by atoms with van der Waals surface area (Å²) in [6, 6.07) is 9.79. The molecule has 2 N–H and O–H groups in total. The number of amides is 3. The van der Waals surface area contributed by atoms with Crippen LogP contribution in [0.5, 0.6) is 0 Å².